The highest BCUT2D eigenvalue weighted by molar-refractivity contribution is 5.98. The second-order valence-electron chi connectivity index (χ2n) is 9.07. The molecule has 1 saturated heterocycles. The third-order valence-corrected chi connectivity index (χ3v) is 6.61. The average Bonchev–Trinajstić information content (AvgIpc) is 3.17. The van der Waals surface area contributed by atoms with Crippen LogP contribution in [0.25, 0.3) is 10.8 Å². The SMILES string of the molecule is CCCN1Cc2c(NCc3cc4ccccc4cn3)nc(N3CCN(C(=O)O)[C@@H](C)C3)nc2C1=O. The molecule has 0 bridgehead atoms. The molecule has 0 unspecified atom stereocenters. The number of nitrogens with zero attached hydrogens (tertiary/aromatic N) is 6. The van der Waals surface area contributed by atoms with Gasteiger partial charge in [0.1, 0.15) is 11.5 Å². The molecular formula is C25H29N7O3. The molecule has 5 rings (SSSR count). The second-order valence-corrected chi connectivity index (χ2v) is 9.07. The number of hydrogen-bond acceptors (Lipinski definition) is 7. The van der Waals surface area contributed by atoms with E-state index < -0.39 is 6.09 Å². The highest BCUT2D eigenvalue weighted by atomic mass is 16.4. The van der Waals surface area contributed by atoms with E-state index in [1.54, 1.807) is 4.90 Å². The Morgan fingerprint density at radius 2 is 2.00 bits per heavy atom. The van der Waals surface area contributed by atoms with Crippen molar-refractivity contribution in [2.75, 3.05) is 36.4 Å². The van der Waals surface area contributed by atoms with Gasteiger partial charge in [-0.3, -0.25) is 9.78 Å². The fourth-order valence-electron chi connectivity index (χ4n) is 4.77. The van der Waals surface area contributed by atoms with E-state index in [0.29, 0.717) is 56.7 Å². The maximum absolute atomic E-state index is 13.1. The first kappa shape index (κ1) is 22.8. The minimum Gasteiger partial charge on any atom is -0.465 e. The van der Waals surface area contributed by atoms with Gasteiger partial charge in [0.25, 0.3) is 5.91 Å². The monoisotopic (exact) mass is 475 g/mol. The molecule has 10 heteroatoms. The Balaban J connectivity index is 1.44. The highest BCUT2D eigenvalue weighted by Crippen LogP contribution is 2.30. The minimum absolute atomic E-state index is 0.0883. The number of anilines is 2. The van der Waals surface area contributed by atoms with Gasteiger partial charge in [-0.1, -0.05) is 31.2 Å². The first-order valence-corrected chi connectivity index (χ1v) is 12.0. The average molecular weight is 476 g/mol. The fourth-order valence-corrected chi connectivity index (χ4v) is 4.77. The summed E-state index contributed by atoms with van der Waals surface area (Å²) in [6.07, 6.45) is 1.79. The summed E-state index contributed by atoms with van der Waals surface area (Å²) in [5, 5.41) is 15.0. The van der Waals surface area contributed by atoms with E-state index in [2.05, 4.69) is 21.4 Å². The summed E-state index contributed by atoms with van der Waals surface area (Å²) in [7, 11) is 0. The summed E-state index contributed by atoms with van der Waals surface area (Å²) in [5.74, 6) is 0.983. The van der Waals surface area contributed by atoms with Gasteiger partial charge in [0.15, 0.2) is 0 Å². The van der Waals surface area contributed by atoms with Gasteiger partial charge in [-0.25, -0.2) is 9.78 Å². The summed E-state index contributed by atoms with van der Waals surface area (Å²) in [6.45, 7) is 6.78. The molecule has 182 valence electrons. The largest absolute Gasteiger partial charge is 0.465 e. The van der Waals surface area contributed by atoms with E-state index in [-0.39, 0.29) is 11.9 Å². The van der Waals surface area contributed by atoms with Crippen molar-refractivity contribution in [3.8, 4) is 0 Å². The van der Waals surface area contributed by atoms with Crippen LogP contribution in [0.4, 0.5) is 16.6 Å². The Morgan fingerprint density at radius 1 is 1.20 bits per heavy atom. The Morgan fingerprint density at radius 3 is 2.74 bits per heavy atom. The lowest BCUT2D eigenvalue weighted by atomic mass is 10.1. The molecule has 2 aromatic heterocycles. The number of rotatable bonds is 6. The van der Waals surface area contributed by atoms with Gasteiger partial charge < -0.3 is 25.1 Å². The molecule has 35 heavy (non-hydrogen) atoms. The van der Waals surface area contributed by atoms with E-state index in [1.807, 2.05) is 49.2 Å². The molecule has 1 fully saturated rings. The van der Waals surface area contributed by atoms with Crippen LogP contribution in [0.1, 0.15) is 42.0 Å². The molecule has 2 aliphatic rings. The van der Waals surface area contributed by atoms with E-state index in [1.165, 1.54) is 4.90 Å². The molecule has 3 aromatic rings. The maximum atomic E-state index is 13.1. The van der Waals surface area contributed by atoms with Gasteiger partial charge in [-0.2, -0.15) is 4.98 Å². The fraction of sp³-hybridized carbons (Fsp3) is 0.400. The van der Waals surface area contributed by atoms with Crippen molar-refractivity contribution in [2.45, 2.75) is 39.4 Å². The Bertz CT molecular complexity index is 1280. The van der Waals surface area contributed by atoms with Gasteiger partial charge in [0.05, 0.1) is 18.8 Å². The topological polar surface area (TPSA) is 115 Å². The predicted molar refractivity (Wildman–Crippen MR) is 133 cm³/mol. The lowest BCUT2D eigenvalue weighted by Crippen LogP contribution is -2.54. The molecule has 0 radical (unpaired) electrons. The highest BCUT2D eigenvalue weighted by Gasteiger charge is 2.34. The Kier molecular flexibility index (Phi) is 6.10. The lowest BCUT2D eigenvalue weighted by Gasteiger charge is -2.38. The van der Waals surface area contributed by atoms with Crippen molar-refractivity contribution in [3.63, 3.8) is 0 Å². The first-order valence-electron chi connectivity index (χ1n) is 12.0. The van der Waals surface area contributed by atoms with Gasteiger partial charge in [0.2, 0.25) is 5.95 Å². The van der Waals surface area contributed by atoms with E-state index >= 15 is 0 Å². The van der Waals surface area contributed by atoms with Crippen LogP contribution in [0.5, 0.6) is 0 Å². The molecule has 2 amide bonds. The zero-order valence-electron chi connectivity index (χ0n) is 19.9. The van der Waals surface area contributed by atoms with Crippen LogP contribution in [0, 0.1) is 0 Å². The number of aromatic nitrogens is 3. The third kappa shape index (κ3) is 4.43. The number of nitrogens with one attached hydrogen (secondary N) is 1. The summed E-state index contributed by atoms with van der Waals surface area (Å²) in [4.78, 5) is 43.8. The van der Waals surface area contributed by atoms with E-state index in [4.69, 9.17) is 4.98 Å². The minimum atomic E-state index is -0.928. The number of piperazine rings is 1. The van der Waals surface area contributed by atoms with Gasteiger partial charge in [0, 0.05) is 49.4 Å². The zero-order chi connectivity index (χ0) is 24.5. The first-order chi connectivity index (χ1) is 16.9. The number of carboxylic acid groups (broad SMARTS) is 1. The summed E-state index contributed by atoms with van der Waals surface area (Å²) < 4.78 is 0. The Hall–Kier alpha value is -3.95. The van der Waals surface area contributed by atoms with E-state index in [0.717, 1.165) is 28.5 Å². The van der Waals surface area contributed by atoms with Crippen LogP contribution in [0.15, 0.2) is 36.5 Å². The summed E-state index contributed by atoms with van der Waals surface area (Å²) in [5.41, 5.74) is 2.09. The van der Waals surface area contributed by atoms with E-state index in [9.17, 15) is 14.7 Å². The number of benzene rings is 1. The molecule has 0 spiro atoms. The van der Waals surface area contributed by atoms with Crippen molar-refractivity contribution >= 4 is 34.5 Å². The van der Waals surface area contributed by atoms with Gasteiger partial charge >= 0.3 is 6.09 Å². The number of carbonyl (C=O) groups is 2. The van der Waals surface area contributed by atoms with Crippen LogP contribution in [0.2, 0.25) is 0 Å². The zero-order valence-corrected chi connectivity index (χ0v) is 19.9. The van der Waals surface area contributed by atoms with Crippen LogP contribution >= 0.6 is 0 Å². The standard InChI is InChI=1S/C25H29N7O3/c1-3-8-30-15-20-21(23(30)33)28-24(31-9-10-32(25(34)35)16(2)14-31)29-22(20)27-13-19-11-17-6-4-5-7-18(17)12-26-19/h4-7,11-12,16H,3,8-10,13-15H2,1-2H3,(H,34,35)(H,27,28,29)/t16-/m0/s1. The molecule has 2 N–H and O–H groups in total. The van der Waals surface area contributed by atoms with Crippen LogP contribution in [0.3, 0.4) is 0 Å². The van der Waals surface area contributed by atoms with Gasteiger partial charge in [-0.15, -0.1) is 0 Å². The molecule has 10 nitrogen and oxygen atoms in total. The van der Waals surface area contributed by atoms with Crippen molar-refractivity contribution in [3.05, 3.63) is 53.5 Å². The summed E-state index contributed by atoms with van der Waals surface area (Å²) >= 11 is 0. The lowest BCUT2D eigenvalue weighted by molar-refractivity contribution is 0.0774. The predicted octanol–water partition coefficient (Wildman–Crippen LogP) is 3.19. The van der Waals surface area contributed by atoms with Crippen molar-refractivity contribution in [1.29, 1.82) is 0 Å². The molecule has 2 aliphatic heterocycles. The number of fused-ring (bicyclic) bond motifs is 2. The number of hydrogen-bond donors (Lipinski definition) is 2. The third-order valence-electron chi connectivity index (χ3n) is 6.61. The maximum Gasteiger partial charge on any atom is 0.407 e. The quantitative estimate of drug-likeness (QED) is 0.559. The molecule has 0 aliphatic carbocycles. The molecule has 1 atom stereocenters. The number of amides is 2. The molecule has 0 saturated carbocycles. The number of carbonyl (C=O) groups excluding carboxylic acids is 1. The number of pyridine rings is 1. The van der Waals surface area contributed by atoms with Crippen LogP contribution in [-0.4, -0.2) is 74.1 Å². The molecule has 4 heterocycles. The normalized spacial score (nSPS) is 17.7. The van der Waals surface area contributed by atoms with Crippen LogP contribution < -0.4 is 10.2 Å². The van der Waals surface area contributed by atoms with Crippen molar-refractivity contribution in [1.82, 2.24) is 24.8 Å². The van der Waals surface area contributed by atoms with Crippen molar-refractivity contribution < 1.29 is 14.7 Å². The van der Waals surface area contributed by atoms with Gasteiger partial charge in [-0.05, 0) is 24.8 Å². The van der Waals surface area contributed by atoms with Crippen molar-refractivity contribution in [2.24, 2.45) is 0 Å². The smallest absolute Gasteiger partial charge is 0.407 e. The summed E-state index contributed by atoms with van der Waals surface area (Å²) in [6, 6.07) is 9.92. The molecule has 1 aromatic carbocycles. The Labute approximate surface area is 203 Å². The second kappa shape index (κ2) is 9.36. The van der Waals surface area contributed by atoms with Crippen LogP contribution in [-0.2, 0) is 13.1 Å². The molecular weight excluding hydrogens is 446 g/mol.